The Morgan fingerprint density at radius 3 is 2.26 bits per heavy atom. The van der Waals surface area contributed by atoms with Gasteiger partial charge in [-0.2, -0.15) is 4.31 Å². The van der Waals surface area contributed by atoms with Crippen LogP contribution in [0, 0.1) is 13.8 Å². The minimum Gasteiger partial charge on any atom is -0.350 e. The molecule has 3 aromatic rings. The highest BCUT2D eigenvalue weighted by atomic mass is 32.2. The van der Waals surface area contributed by atoms with E-state index in [0.29, 0.717) is 5.69 Å². The zero-order valence-corrected chi connectivity index (χ0v) is 20.9. The topological polar surface area (TPSA) is 86.8 Å². The molecule has 0 spiro atoms. The Morgan fingerprint density at radius 2 is 1.60 bits per heavy atom. The summed E-state index contributed by atoms with van der Waals surface area (Å²) in [6.07, 6.45) is 0. The summed E-state index contributed by atoms with van der Waals surface area (Å²) in [7, 11) is -3.98. The predicted octanol–water partition coefficient (Wildman–Crippen LogP) is 3.42. The van der Waals surface area contributed by atoms with Crippen molar-refractivity contribution in [1.29, 1.82) is 0 Å². The van der Waals surface area contributed by atoms with Gasteiger partial charge in [0.05, 0.1) is 11.4 Å². The molecular formula is C27H29N3O4S. The van der Waals surface area contributed by atoms with E-state index in [1.54, 1.807) is 25.1 Å². The van der Waals surface area contributed by atoms with Crippen LogP contribution >= 0.6 is 0 Å². The summed E-state index contributed by atoms with van der Waals surface area (Å²) in [5, 5.41) is 2.92. The van der Waals surface area contributed by atoms with Crippen molar-refractivity contribution in [2.24, 2.45) is 0 Å². The molecule has 0 aliphatic carbocycles. The van der Waals surface area contributed by atoms with E-state index in [1.165, 1.54) is 17.0 Å². The SMILES string of the molecule is Cc1ccc(C)c(N2C(=O)CN(S(=O)(=O)c3ccccc3)C[C@]2(C)C(=O)NCc2ccccc2)c1. The van der Waals surface area contributed by atoms with Gasteiger partial charge in [0.1, 0.15) is 5.54 Å². The quantitative estimate of drug-likeness (QED) is 0.573. The fraction of sp³-hybridized carbons (Fsp3) is 0.259. The summed E-state index contributed by atoms with van der Waals surface area (Å²) in [5.74, 6) is -0.884. The maximum absolute atomic E-state index is 13.7. The number of hydrogen-bond donors (Lipinski definition) is 1. The van der Waals surface area contributed by atoms with Crippen LogP contribution in [0.5, 0.6) is 0 Å². The number of hydrogen-bond acceptors (Lipinski definition) is 4. The number of carbonyl (C=O) groups is 2. The van der Waals surface area contributed by atoms with Gasteiger partial charge in [0, 0.05) is 18.8 Å². The molecule has 35 heavy (non-hydrogen) atoms. The molecular weight excluding hydrogens is 462 g/mol. The number of nitrogens with one attached hydrogen (secondary N) is 1. The van der Waals surface area contributed by atoms with E-state index in [2.05, 4.69) is 5.32 Å². The van der Waals surface area contributed by atoms with Crippen molar-refractivity contribution < 1.29 is 18.0 Å². The monoisotopic (exact) mass is 491 g/mol. The Morgan fingerprint density at radius 1 is 0.971 bits per heavy atom. The molecule has 1 aliphatic rings. The molecule has 4 rings (SSSR count). The summed E-state index contributed by atoms with van der Waals surface area (Å²) in [6.45, 7) is 5.14. The Labute approximate surface area is 206 Å². The standard InChI is InChI=1S/C27H29N3O4S/c1-20-14-15-21(2)24(16-20)30-25(31)18-29(35(33,34)23-12-8-5-9-13-23)19-27(30,3)26(32)28-17-22-10-6-4-7-11-22/h4-16H,17-19H2,1-3H3,(H,28,32)/t27-/m1/s1. The second kappa shape index (κ2) is 9.64. The number of aryl methyl sites for hydroxylation is 2. The number of nitrogens with zero attached hydrogens (tertiary/aromatic N) is 2. The van der Waals surface area contributed by atoms with Crippen LogP contribution in [0.4, 0.5) is 5.69 Å². The van der Waals surface area contributed by atoms with E-state index in [0.717, 1.165) is 21.0 Å². The molecule has 0 radical (unpaired) electrons. The van der Waals surface area contributed by atoms with E-state index < -0.39 is 27.4 Å². The molecule has 8 heteroatoms. The van der Waals surface area contributed by atoms with Gasteiger partial charge in [-0.1, -0.05) is 60.7 Å². The Hall–Kier alpha value is -3.49. The van der Waals surface area contributed by atoms with Gasteiger partial charge in [0.25, 0.3) is 0 Å². The van der Waals surface area contributed by atoms with E-state index in [-0.39, 0.29) is 24.5 Å². The largest absolute Gasteiger partial charge is 0.350 e. The van der Waals surface area contributed by atoms with Crippen molar-refractivity contribution in [3.05, 3.63) is 95.6 Å². The summed E-state index contributed by atoms with van der Waals surface area (Å²) >= 11 is 0. The zero-order valence-electron chi connectivity index (χ0n) is 20.1. The maximum Gasteiger partial charge on any atom is 0.247 e. The number of sulfonamides is 1. The first kappa shape index (κ1) is 24.6. The lowest BCUT2D eigenvalue weighted by molar-refractivity contribution is -0.133. The van der Waals surface area contributed by atoms with Gasteiger partial charge < -0.3 is 5.32 Å². The molecule has 1 saturated heterocycles. The molecule has 0 unspecified atom stereocenters. The molecule has 0 saturated carbocycles. The highest BCUT2D eigenvalue weighted by Crippen LogP contribution is 2.34. The first-order valence-electron chi connectivity index (χ1n) is 11.4. The molecule has 1 aliphatic heterocycles. The molecule has 0 aromatic heterocycles. The number of amides is 2. The molecule has 182 valence electrons. The van der Waals surface area contributed by atoms with Gasteiger partial charge in [0.15, 0.2) is 0 Å². The third-order valence-electron chi connectivity index (χ3n) is 6.31. The minimum absolute atomic E-state index is 0.0834. The minimum atomic E-state index is -3.98. The maximum atomic E-state index is 13.7. The molecule has 0 bridgehead atoms. The van der Waals surface area contributed by atoms with E-state index in [4.69, 9.17) is 0 Å². The Balaban J connectivity index is 1.74. The number of anilines is 1. The number of rotatable bonds is 6. The second-order valence-electron chi connectivity index (χ2n) is 9.05. The van der Waals surface area contributed by atoms with E-state index in [9.17, 15) is 18.0 Å². The second-order valence-corrected chi connectivity index (χ2v) is 11.0. The highest BCUT2D eigenvalue weighted by molar-refractivity contribution is 7.89. The number of carbonyl (C=O) groups excluding carboxylic acids is 2. The van der Waals surface area contributed by atoms with Crippen LogP contribution in [0.2, 0.25) is 0 Å². The first-order chi connectivity index (χ1) is 16.6. The molecule has 3 aromatic carbocycles. The highest BCUT2D eigenvalue weighted by Gasteiger charge is 2.51. The van der Waals surface area contributed by atoms with Gasteiger partial charge in [-0.05, 0) is 55.7 Å². The lowest BCUT2D eigenvalue weighted by Gasteiger charge is -2.47. The third-order valence-corrected chi connectivity index (χ3v) is 8.12. The van der Waals surface area contributed by atoms with Gasteiger partial charge in [0.2, 0.25) is 21.8 Å². The van der Waals surface area contributed by atoms with Gasteiger partial charge in [-0.15, -0.1) is 0 Å². The smallest absolute Gasteiger partial charge is 0.247 e. The molecule has 2 amide bonds. The zero-order chi connectivity index (χ0) is 25.2. The summed E-state index contributed by atoms with van der Waals surface area (Å²) < 4.78 is 27.9. The van der Waals surface area contributed by atoms with Crippen molar-refractivity contribution in [2.45, 2.75) is 37.8 Å². The van der Waals surface area contributed by atoms with Crippen molar-refractivity contribution >= 4 is 27.5 Å². The van der Waals surface area contributed by atoms with Crippen LogP contribution in [0.15, 0.2) is 83.8 Å². The van der Waals surface area contributed by atoms with Gasteiger partial charge in [-0.25, -0.2) is 8.42 Å². The lowest BCUT2D eigenvalue weighted by atomic mass is 9.93. The average Bonchev–Trinajstić information content (AvgIpc) is 2.85. The third kappa shape index (κ3) is 4.85. The van der Waals surface area contributed by atoms with E-state index in [1.807, 2.05) is 62.4 Å². The lowest BCUT2D eigenvalue weighted by Crippen LogP contribution is -2.70. The summed E-state index contributed by atoms with van der Waals surface area (Å²) in [4.78, 5) is 28.8. The molecule has 1 heterocycles. The van der Waals surface area contributed by atoms with Crippen LogP contribution in [0.25, 0.3) is 0 Å². The number of benzene rings is 3. The van der Waals surface area contributed by atoms with Crippen molar-refractivity contribution in [1.82, 2.24) is 9.62 Å². The predicted molar refractivity (Wildman–Crippen MR) is 135 cm³/mol. The van der Waals surface area contributed by atoms with Crippen LogP contribution in [0.1, 0.15) is 23.6 Å². The van der Waals surface area contributed by atoms with Crippen LogP contribution < -0.4 is 10.2 Å². The van der Waals surface area contributed by atoms with Crippen LogP contribution in [-0.2, 0) is 26.2 Å². The van der Waals surface area contributed by atoms with Crippen LogP contribution in [-0.4, -0.2) is 43.2 Å². The van der Waals surface area contributed by atoms with Crippen molar-refractivity contribution in [2.75, 3.05) is 18.0 Å². The molecule has 1 N–H and O–H groups in total. The van der Waals surface area contributed by atoms with E-state index >= 15 is 0 Å². The van der Waals surface area contributed by atoms with Crippen molar-refractivity contribution in [3.8, 4) is 0 Å². The average molecular weight is 492 g/mol. The Kier molecular flexibility index (Phi) is 6.78. The normalized spacial score (nSPS) is 18.9. The summed E-state index contributed by atoms with van der Waals surface area (Å²) in [6, 6.07) is 23.1. The van der Waals surface area contributed by atoms with Crippen molar-refractivity contribution in [3.63, 3.8) is 0 Å². The fourth-order valence-corrected chi connectivity index (χ4v) is 5.88. The van der Waals surface area contributed by atoms with Gasteiger partial charge >= 0.3 is 0 Å². The molecule has 1 fully saturated rings. The first-order valence-corrected chi connectivity index (χ1v) is 12.8. The summed E-state index contributed by atoms with van der Waals surface area (Å²) in [5.41, 5.74) is 1.79. The van der Waals surface area contributed by atoms with Gasteiger partial charge in [-0.3, -0.25) is 14.5 Å². The molecule has 1 atom stereocenters. The Bertz CT molecular complexity index is 1340. The number of piperazine rings is 1. The van der Waals surface area contributed by atoms with Crippen LogP contribution in [0.3, 0.4) is 0 Å². The fourth-order valence-electron chi connectivity index (χ4n) is 4.38. The molecule has 7 nitrogen and oxygen atoms in total.